The Morgan fingerprint density at radius 3 is 2.67 bits per heavy atom. The van der Waals surface area contributed by atoms with Gasteiger partial charge in [0.05, 0.1) is 12.5 Å². The smallest absolute Gasteiger partial charge is 0.0663 e. The highest BCUT2D eigenvalue weighted by Gasteiger charge is 1.61. The van der Waals surface area contributed by atoms with Crippen molar-refractivity contribution in [2.24, 2.45) is 0 Å². The van der Waals surface area contributed by atoms with Gasteiger partial charge in [0.1, 0.15) is 0 Å². The van der Waals surface area contributed by atoms with E-state index in [4.69, 9.17) is 5.26 Å². The Morgan fingerprint density at radius 2 is 2.50 bits per heavy atom. The summed E-state index contributed by atoms with van der Waals surface area (Å²) in [5.74, 6) is 0. The summed E-state index contributed by atoms with van der Waals surface area (Å²) in [6.45, 7) is 3.39. The van der Waals surface area contributed by atoms with Gasteiger partial charge in [0, 0.05) is 0 Å². The molecule has 0 aliphatic rings. The molecule has 6 heavy (non-hydrogen) atoms. The molecule has 0 aliphatic heterocycles. The number of hydrogen-bond acceptors (Lipinski definition) is 1. The van der Waals surface area contributed by atoms with Crippen LogP contribution in [0.4, 0.5) is 0 Å². The van der Waals surface area contributed by atoms with Crippen molar-refractivity contribution < 1.29 is 0 Å². The van der Waals surface area contributed by atoms with Crippen molar-refractivity contribution in [1.82, 2.24) is 0 Å². The standard InChI is InChI=1S/C5H6N/c1-2-3-4-5-6/h2-3H,1,4H2/b3-2+. The zero-order valence-corrected chi connectivity index (χ0v) is 3.52. The quantitative estimate of drug-likeness (QED) is 0.465. The maximum Gasteiger partial charge on any atom is 0.0663 e. The van der Waals surface area contributed by atoms with Gasteiger partial charge in [-0.3, -0.25) is 0 Å². The van der Waals surface area contributed by atoms with Crippen LogP contribution >= 0.6 is 0 Å². The molecule has 0 saturated heterocycles. The Bertz CT molecular complexity index is 76.4. The van der Waals surface area contributed by atoms with Crippen LogP contribution in [0.3, 0.4) is 0 Å². The first-order valence-electron chi connectivity index (χ1n) is 1.73. The molecule has 1 heteroatoms. The molecule has 0 aliphatic carbocycles. The molecule has 0 unspecified atom stereocenters. The molecule has 31 valence electrons. The molecule has 0 heterocycles. The molecule has 1 nitrogen and oxygen atoms in total. The highest BCUT2D eigenvalue weighted by Crippen LogP contribution is 1.74. The third-order valence-corrected chi connectivity index (χ3v) is 0.376. The molecular weight excluding hydrogens is 74.1 g/mol. The summed E-state index contributed by atoms with van der Waals surface area (Å²) in [5.41, 5.74) is 0. The summed E-state index contributed by atoms with van der Waals surface area (Å²) < 4.78 is 0. The summed E-state index contributed by atoms with van der Waals surface area (Å²) in [6, 6.07) is 1.94. The van der Waals surface area contributed by atoms with Crippen molar-refractivity contribution in [3.8, 4) is 6.07 Å². The Kier molecular flexibility index (Phi) is 3.69. The van der Waals surface area contributed by atoms with Gasteiger partial charge in [-0.2, -0.15) is 5.26 Å². The van der Waals surface area contributed by atoms with Gasteiger partial charge in [-0.15, -0.1) is 0 Å². The Labute approximate surface area is 37.9 Å². The van der Waals surface area contributed by atoms with Gasteiger partial charge >= 0.3 is 0 Å². The number of allylic oxidation sites excluding steroid dienone is 2. The Hall–Kier alpha value is -0.770. The molecule has 0 aromatic heterocycles. The van der Waals surface area contributed by atoms with Crippen molar-refractivity contribution in [2.45, 2.75) is 6.42 Å². The molecule has 0 aromatic carbocycles. The summed E-state index contributed by atoms with van der Waals surface area (Å²) in [4.78, 5) is 0. The largest absolute Gasteiger partial charge is 0.198 e. The number of nitrogens with zero attached hydrogens (tertiary/aromatic N) is 1. The average Bonchev–Trinajstić information content (AvgIpc) is 1.61. The van der Waals surface area contributed by atoms with Crippen molar-refractivity contribution >= 4 is 0 Å². The SMILES string of the molecule is [CH2]/C=C/CC#N. The topological polar surface area (TPSA) is 23.8 Å². The second-order valence-corrected chi connectivity index (χ2v) is 0.834. The van der Waals surface area contributed by atoms with E-state index in [0.717, 1.165) is 0 Å². The van der Waals surface area contributed by atoms with Crippen LogP contribution in [0.2, 0.25) is 0 Å². The van der Waals surface area contributed by atoms with Crippen LogP contribution in [0.15, 0.2) is 12.2 Å². The van der Waals surface area contributed by atoms with Crippen LogP contribution in [0.1, 0.15) is 6.42 Å². The minimum atomic E-state index is 0.476. The van der Waals surface area contributed by atoms with E-state index in [0.29, 0.717) is 6.42 Å². The molecule has 0 bridgehead atoms. The monoisotopic (exact) mass is 80.1 g/mol. The normalized spacial score (nSPS) is 8.67. The van der Waals surface area contributed by atoms with E-state index in [2.05, 4.69) is 6.92 Å². The second kappa shape index (κ2) is 4.23. The number of hydrogen-bond donors (Lipinski definition) is 0. The van der Waals surface area contributed by atoms with Crippen LogP contribution in [-0.4, -0.2) is 0 Å². The lowest BCUT2D eigenvalue weighted by molar-refractivity contribution is 1.35. The zero-order chi connectivity index (χ0) is 4.83. The van der Waals surface area contributed by atoms with E-state index in [9.17, 15) is 0 Å². The van der Waals surface area contributed by atoms with Gasteiger partial charge in [-0.05, 0) is 6.92 Å². The van der Waals surface area contributed by atoms with E-state index in [1.165, 1.54) is 0 Å². The zero-order valence-electron chi connectivity index (χ0n) is 3.52. The fourth-order valence-corrected chi connectivity index (χ4v) is 0.136. The van der Waals surface area contributed by atoms with Crippen LogP contribution in [0.25, 0.3) is 0 Å². The van der Waals surface area contributed by atoms with Gasteiger partial charge in [0.2, 0.25) is 0 Å². The van der Waals surface area contributed by atoms with Crippen LogP contribution in [0, 0.1) is 18.3 Å². The van der Waals surface area contributed by atoms with Gasteiger partial charge in [0.25, 0.3) is 0 Å². The van der Waals surface area contributed by atoms with Gasteiger partial charge < -0.3 is 0 Å². The molecule has 0 N–H and O–H groups in total. The highest BCUT2D eigenvalue weighted by molar-refractivity contribution is 4.91. The van der Waals surface area contributed by atoms with E-state index < -0.39 is 0 Å². The Balaban J connectivity index is 2.92. The molecule has 0 spiro atoms. The fourth-order valence-electron chi connectivity index (χ4n) is 0.136. The van der Waals surface area contributed by atoms with Gasteiger partial charge in [-0.25, -0.2) is 0 Å². The van der Waals surface area contributed by atoms with Gasteiger partial charge in [-0.1, -0.05) is 12.2 Å². The second-order valence-electron chi connectivity index (χ2n) is 0.834. The molecule has 0 rings (SSSR count). The highest BCUT2D eigenvalue weighted by atomic mass is 14.2. The van der Waals surface area contributed by atoms with Crippen LogP contribution in [0.5, 0.6) is 0 Å². The fraction of sp³-hybridized carbons (Fsp3) is 0.200. The van der Waals surface area contributed by atoms with Crippen molar-refractivity contribution in [3.63, 3.8) is 0 Å². The molecule has 0 aromatic rings. The van der Waals surface area contributed by atoms with E-state index in [1.54, 1.807) is 12.2 Å². The summed E-state index contributed by atoms with van der Waals surface area (Å²) >= 11 is 0. The molecule has 0 fully saturated rings. The van der Waals surface area contributed by atoms with Crippen molar-refractivity contribution in [1.29, 1.82) is 5.26 Å². The first-order valence-corrected chi connectivity index (χ1v) is 1.73. The van der Waals surface area contributed by atoms with E-state index in [-0.39, 0.29) is 0 Å². The van der Waals surface area contributed by atoms with E-state index in [1.807, 2.05) is 6.07 Å². The number of nitriles is 1. The first-order chi connectivity index (χ1) is 2.91. The third-order valence-electron chi connectivity index (χ3n) is 0.376. The summed E-state index contributed by atoms with van der Waals surface area (Å²) in [6.07, 6.45) is 3.80. The molecule has 0 atom stereocenters. The lowest BCUT2D eigenvalue weighted by Crippen LogP contribution is -1.50. The lowest BCUT2D eigenvalue weighted by Gasteiger charge is -1.63. The maximum absolute atomic E-state index is 7.87. The summed E-state index contributed by atoms with van der Waals surface area (Å²) in [7, 11) is 0. The maximum atomic E-state index is 7.87. The average molecular weight is 80.1 g/mol. The Morgan fingerprint density at radius 1 is 1.83 bits per heavy atom. The van der Waals surface area contributed by atoms with E-state index >= 15 is 0 Å². The predicted octanol–water partition coefficient (Wildman–Crippen LogP) is 1.29. The molecular formula is C5H6N. The third kappa shape index (κ3) is 3.23. The number of rotatable bonds is 1. The molecule has 0 amide bonds. The first kappa shape index (κ1) is 5.23. The van der Waals surface area contributed by atoms with Crippen LogP contribution < -0.4 is 0 Å². The van der Waals surface area contributed by atoms with Crippen LogP contribution in [-0.2, 0) is 0 Å². The predicted molar refractivity (Wildman–Crippen MR) is 24.7 cm³/mol. The van der Waals surface area contributed by atoms with Crippen molar-refractivity contribution in [2.75, 3.05) is 0 Å². The molecule has 0 saturated carbocycles. The summed E-state index contributed by atoms with van der Waals surface area (Å²) in [5, 5.41) is 7.87. The van der Waals surface area contributed by atoms with Crippen molar-refractivity contribution in [3.05, 3.63) is 19.1 Å². The molecule has 1 radical (unpaired) electrons. The lowest BCUT2D eigenvalue weighted by atomic mass is 10.4. The minimum Gasteiger partial charge on any atom is -0.198 e. The van der Waals surface area contributed by atoms with Gasteiger partial charge in [0.15, 0.2) is 0 Å². The minimum absolute atomic E-state index is 0.476.